The Kier molecular flexibility index (Phi) is 19.4. The Morgan fingerprint density at radius 2 is 0.705 bits per heavy atom. The molecular weight excluding hydrogens is 1100 g/mol. The molecule has 88 heavy (non-hydrogen) atoms. The Balaban J connectivity index is 0.000000140. The summed E-state index contributed by atoms with van der Waals surface area (Å²) in [5.41, 5.74) is 23.4. The average Bonchev–Trinajstić information content (AvgIpc) is 3.59. The number of ether oxygens (including phenoxy) is 4. The van der Waals surface area contributed by atoms with E-state index in [9.17, 15) is 31.1 Å². The highest BCUT2D eigenvalue weighted by Crippen LogP contribution is 2.35. The van der Waals surface area contributed by atoms with Gasteiger partial charge in [0, 0.05) is 0 Å². The molecule has 8 aromatic rings. The van der Waals surface area contributed by atoms with Crippen LogP contribution in [0.1, 0.15) is 111 Å². The largest absolute Gasteiger partial charge is 0.491 e. The zero-order chi connectivity index (χ0) is 63.4. The topological polar surface area (TPSA) is 209 Å². The van der Waals surface area contributed by atoms with Crippen molar-refractivity contribution in [3.63, 3.8) is 0 Å². The van der Waals surface area contributed by atoms with E-state index in [0.717, 1.165) is 89.2 Å². The summed E-state index contributed by atoms with van der Waals surface area (Å²) in [4.78, 5) is 0. The second-order valence-electron chi connectivity index (χ2n) is 22.9. The first-order valence-corrected chi connectivity index (χ1v) is 29.1. The summed E-state index contributed by atoms with van der Waals surface area (Å²) in [5.74, 6) is 5.44. The fourth-order valence-electron chi connectivity index (χ4n) is 11.3. The first-order chi connectivity index (χ1) is 42.0. The Hall–Kier alpha value is -9.06. The Morgan fingerprint density at radius 3 is 1.14 bits per heavy atom. The molecule has 0 unspecified atom stereocenters. The summed E-state index contributed by atoms with van der Waals surface area (Å²) in [6.07, 6.45) is 0. The molecule has 0 amide bonds. The minimum atomic E-state index is -0.862. The molecule has 0 saturated heterocycles. The van der Waals surface area contributed by atoms with Crippen LogP contribution in [0.15, 0.2) is 97.1 Å². The lowest BCUT2D eigenvalue weighted by Gasteiger charge is -2.14. The number of aryl methyl sites for hydroxylation is 8. The van der Waals surface area contributed by atoms with E-state index in [-0.39, 0.29) is 13.8 Å². The maximum Gasteiger partial charge on any atom is 0.491 e. The molecule has 12 rings (SSSR count). The number of rotatable bonds is 8. The van der Waals surface area contributed by atoms with Crippen LogP contribution < -0.4 is 40.8 Å². The zero-order valence-corrected chi connectivity index (χ0v) is 52.3. The number of nitriles is 4. The predicted octanol–water partition coefficient (Wildman–Crippen LogP) is 12.3. The monoisotopic (exact) mass is 1170 g/mol. The molecule has 0 fully saturated rings. The van der Waals surface area contributed by atoms with E-state index < -0.39 is 14.2 Å². The number of benzene rings is 8. The third kappa shape index (κ3) is 13.6. The van der Waals surface area contributed by atoms with E-state index in [0.29, 0.717) is 83.2 Å². The molecule has 0 aliphatic carbocycles. The number of hydrogen-bond donors (Lipinski definition) is 2. The van der Waals surface area contributed by atoms with E-state index in [2.05, 4.69) is 51.8 Å². The van der Waals surface area contributed by atoms with Crippen molar-refractivity contribution in [1.29, 1.82) is 21.0 Å². The molecule has 0 radical (unpaired) electrons. The van der Waals surface area contributed by atoms with Gasteiger partial charge in [-0.1, -0.05) is 25.8 Å². The minimum absolute atomic E-state index is 0.139. The van der Waals surface area contributed by atoms with Crippen molar-refractivity contribution in [1.82, 2.24) is 0 Å². The highest BCUT2D eigenvalue weighted by molar-refractivity contribution is 6.68. The molecule has 8 aromatic carbocycles. The smallest absolute Gasteiger partial charge is 0.457 e. The number of fused-ring (bicyclic) bond motifs is 4. The van der Waals surface area contributed by atoms with E-state index >= 15 is 0 Å². The lowest BCUT2D eigenvalue weighted by Crippen LogP contribution is -2.28. The SMILES string of the molecule is CB1OCc2cc(Oc3cc(C)c(C)c(C#N)c3)cc(C)c21.CB1OCc2cc(Oc3cc(C)c(C)cc3C#N)cc(C)c21.Cc1cc(C#N)c(Oc2ccc3c(c2C)COB3O)cc1C.Cc1cc(Oc2ccc3c(c2C)COB3O)cc(C#N)c1C. The van der Waals surface area contributed by atoms with Crippen LogP contribution >= 0.6 is 0 Å². The fourth-order valence-corrected chi connectivity index (χ4v) is 11.3. The van der Waals surface area contributed by atoms with Crippen LogP contribution in [-0.4, -0.2) is 38.1 Å². The molecule has 4 heterocycles. The summed E-state index contributed by atoms with van der Waals surface area (Å²) >= 11 is 0. The quantitative estimate of drug-likeness (QED) is 0.136. The van der Waals surface area contributed by atoms with Gasteiger partial charge in [0.05, 0.1) is 60.8 Å². The van der Waals surface area contributed by atoms with Crippen molar-refractivity contribution in [2.45, 2.75) is 123 Å². The maximum absolute atomic E-state index is 9.73. The van der Waals surface area contributed by atoms with Gasteiger partial charge >= 0.3 is 28.1 Å². The average molecular weight is 1170 g/mol. The number of nitrogens with zero attached hydrogens (tertiary/aromatic N) is 4. The Bertz CT molecular complexity index is 4260. The lowest BCUT2D eigenvalue weighted by atomic mass is 9.62. The zero-order valence-electron chi connectivity index (χ0n) is 52.3. The standard InChI is InChI=1S/2C18H18BNO2.2C17H16BNO3/c1-11-5-14(9-20)17(7-12(11)2)22-16-6-13(3)18-15(8-16)10-21-19(18)4;1-11-5-16(7-14(9-20)13(11)3)22-17-6-12(2)18-15(8-17)10-21-19(18)4;1-10-6-14(7-13(8-19)11(10)2)22-17-5-4-16-15(12(17)3)9-21-18(16)20;1-10-6-13(8-19)17(7-11(10)2)22-16-5-4-15-14(12(16)3)9-21-18(15)20/h2*5-8H,10H2,1-4H3;2*4-7,20H,9H2,1-3H3. The van der Waals surface area contributed by atoms with Crippen molar-refractivity contribution in [2.75, 3.05) is 0 Å². The summed E-state index contributed by atoms with van der Waals surface area (Å²) in [6.45, 7) is 30.3. The van der Waals surface area contributed by atoms with Gasteiger partial charge in [0.15, 0.2) is 0 Å². The molecule has 440 valence electrons. The van der Waals surface area contributed by atoms with Crippen LogP contribution in [-0.2, 0) is 45.0 Å². The fraction of sp³-hybridized carbons (Fsp3) is 0.257. The summed E-state index contributed by atoms with van der Waals surface area (Å²) < 4.78 is 45.8. The first-order valence-electron chi connectivity index (χ1n) is 29.1. The molecule has 4 aliphatic rings. The van der Waals surface area contributed by atoms with E-state index in [4.69, 9.17) is 37.6 Å². The summed E-state index contributed by atoms with van der Waals surface area (Å²) in [5, 5.41) is 56.5. The normalized spacial score (nSPS) is 13.0. The third-order valence-electron chi connectivity index (χ3n) is 17.0. The van der Waals surface area contributed by atoms with Crippen LogP contribution in [0.25, 0.3) is 0 Å². The molecule has 0 bridgehead atoms. The highest BCUT2D eigenvalue weighted by Gasteiger charge is 2.32. The van der Waals surface area contributed by atoms with Crippen LogP contribution in [0.3, 0.4) is 0 Å². The summed E-state index contributed by atoms with van der Waals surface area (Å²) in [6, 6.07) is 39.1. The van der Waals surface area contributed by atoms with Gasteiger partial charge in [-0.3, -0.25) is 0 Å². The van der Waals surface area contributed by atoms with Gasteiger partial charge < -0.3 is 47.6 Å². The van der Waals surface area contributed by atoms with Gasteiger partial charge in [0.1, 0.15) is 58.1 Å². The molecule has 0 atom stereocenters. The highest BCUT2D eigenvalue weighted by atomic mass is 16.5. The Morgan fingerprint density at radius 1 is 0.352 bits per heavy atom. The van der Waals surface area contributed by atoms with Crippen LogP contribution in [0.4, 0.5) is 0 Å². The van der Waals surface area contributed by atoms with Gasteiger partial charge in [-0.2, -0.15) is 21.0 Å². The van der Waals surface area contributed by atoms with Gasteiger partial charge in [-0.05, 0) is 279 Å². The molecule has 14 nitrogen and oxygen atoms in total. The molecular formula is C70H68B4N4O10. The predicted molar refractivity (Wildman–Crippen MR) is 344 cm³/mol. The van der Waals surface area contributed by atoms with Crippen molar-refractivity contribution in [3.05, 3.63) is 208 Å². The number of hydrogen-bond acceptors (Lipinski definition) is 14. The maximum atomic E-state index is 9.73. The van der Waals surface area contributed by atoms with Gasteiger partial charge in [-0.15, -0.1) is 0 Å². The van der Waals surface area contributed by atoms with E-state index in [1.54, 1.807) is 12.1 Å². The van der Waals surface area contributed by atoms with Gasteiger partial charge in [-0.25, -0.2) is 0 Å². The second kappa shape index (κ2) is 26.9. The molecule has 0 spiro atoms. The van der Waals surface area contributed by atoms with Crippen LogP contribution in [0.5, 0.6) is 46.0 Å². The van der Waals surface area contributed by atoms with E-state index in [1.807, 2.05) is 154 Å². The molecule has 0 aromatic heterocycles. The van der Waals surface area contributed by atoms with Crippen molar-refractivity contribution in [3.8, 4) is 70.3 Å². The Labute approximate surface area is 517 Å². The molecule has 18 heteroatoms. The second-order valence-corrected chi connectivity index (χ2v) is 22.9. The lowest BCUT2D eigenvalue weighted by molar-refractivity contribution is 0.274. The molecule has 0 saturated carbocycles. The van der Waals surface area contributed by atoms with Crippen molar-refractivity contribution < 1.29 is 47.6 Å². The van der Waals surface area contributed by atoms with Crippen molar-refractivity contribution in [2.24, 2.45) is 0 Å². The van der Waals surface area contributed by atoms with Crippen LogP contribution in [0.2, 0.25) is 13.6 Å². The third-order valence-corrected chi connectivity index (χ3v) is 17.0. The van der Waals surface area contributed by atoms with Gasteiger partial charge in [0.25, 0.3) is 0 Å². The van der Waals surface area contributed by atoms with Crippen molar-refractivity contribution >= 4 is 49.9 Å². The van der Waals surface area contributed by atoms with Crippen LogP contribution in [0, 0.1) is 128 Å². The summed E-state index contributed by atoms with van der Waals surface area (Å²) in [7, 11) is -1.71. The minimum Gasteiger partial charge on any atom is -0.457 e. The molecule has 4 aliphatic heterocycles. The molecule has 2 N–H and O–H groups in total. The first kappa shape index (κ1) is 63.4. The van der Waals surface area contributed by atoms with E-state index in [1.165, 1.54) is 33.2 Å². The van der Waals surface area contributed by atoms with Gasteiger partial charge in [0.2, 0.25) is 0 Å².